The van der Waals surface area contributed by atoms with Gasteiger partial charge in [0.2, 0.25) is 0 Å². The minimum atomic E-state index is -0.273. The standard InChI is InChI=1S/C10H10ClFN2/c11-9-6-14(4-3-13)10-2-1-7(12)5-8(9)10/h1-2,5-6H,3-4,13H2. The lowest BCUT2D eigenvalue weighted by molar-refractivity contribution is 0.629. The lowest BCUT2D eigenvalue weighted by Gasteiger charge is -2.01. The number of fused-ring (bicyclic) bond motifs is 1. The van der Waals surface area contributed by atoms with Crippen LogP contribution < -0.4 is 5.73 Å². The number of nitrogens with zero attached hydrogens (tertiary/aromatic N) is 1. The SMILES string of the molecule is NCCn1cc(Cl)c2cc(F)ccc21. The number of aromatic nitrogens is 1. The Hall–Kier alpha value is -1.06. The van der Waals surface area contributed by atoms with Crippen LogP contribution in [-0.2, 0) is 6.54 Å². The zero-order valence-electron chi connectivity index (χ0n) is 7.50. The van der Waals surface area contributed by atoms with E-state index in [-0.39, 0.29) is 5.82 Å². The zero-order chi connectivity index (χ0) is 10.1. The molecule has 2 nitrogen and oxygen atoms in total. The predicted molar refractivity (Wildman–Crippen MR) is 56.0 cm³/mol. The van der Waals surface area contributed by atoms with Crippen LogP contribution in [-0.4, -0.2) is 11.1 Å². The van der Waals surface area contributed by atoms with Gasteiger partial charge in [-0.15, -0.1) is 0 Å². The summed E-state index contributed by atoms with van der Waals surface area (Å²) < 4.78 is 14.8. The molecule has 1 aromatic heterocycles. The van der Waals surface area contributed by atoms with Gasteiger partial charge in [-0.25, -0.2) is 4.39 Å². The molecule has 0 amide bonds. The van der Waals surface area contributed by atoms with Crippen molar-refractivity contribution in [3.8, 4) is 0 Å². The highest BCUT2D eigenvalue weighted by molar-refractivity contribution is 6.35. The quantitative estimate of drug-likeness (QED) is 0.814. The number of rotatable bonds is 2. The van der Waals surface area contributed by atoms with E-state index in [1.807, 2.05) is 4.57 Å². The molecule has 0 saturated carbocycles. The van der Waals surface area contributed by atoms with Gasteiger partial charge in [0.1, 0.15) is 5.82 Å². The van der Waals surface area contributed by atoms with Crippen LogP contribution in [0.5, 0.6) is 0 Å². The molecule has 74 valence electrons. The van der Waals surface area contributed by atoms with Crippen LogP contribution >= 0.6 is 11.6 Å². The fourth-order valence-corrected chi connectivity index (χ4v) is 1.82. The number of halogens is 2. The summed E-state index contributed by atoms with van der Waals surface area (Å²) in [6.45, 7) is 1.23. The first-order valence-corrected chi connectivity index (χ1v) is 4.74. The molecule has 2 N–H and O–H groups in total. The van der Waals surface area contributed by atoms with Crippen LogP contribution in [0.1, 0.15) is 0 Å². The number of benzene rings is 1. The molecule has 0 aliphatic heterocycles. The molecule has 0 fully saturated rings. The summed E-state index contributed by atoms with van der Waals surface area (Å²) in [7, 11) is 0. The van der Waals surface area contributed by atoms with Crippen molar-refractivity contribution in [1.29, 1.82) is 0 Å². The van der Waals surface area contributed by atoms with Gasteiger partial charge < -0.3 is 10.3 Å². The minimum Gasteiger partial charge on any atom is -0.345 e. The molecule has 0 spiro atoms. The first-order valence-electron chi connectivity index (χ1n) is 4.36. The maximum Gasteiger partial charge on any atom is 0.124 e. The normalized spacial score (nSPS) is 11.1. The second-order valence-corrected chi connectivity index (χ2v) is 3.53. The molecule has 1 aromatic carbocycles. The maximum atomic E-state index is 12.9. The zero-order valence-corrected chi connectivity index (χ0v) is 8.26. The predicted octanol–water partition coefficient (Wildman–Crippen LogP) is 2.39. The fourth-order valence-electron chi connectivity index (χ4n) is 1.55. The summed E-state index contributed by atoms with van der Waals surface area (Å²) in [4.78, 5) is 0. The molecule has 0 aliphatic carbocycles. The van der Waals surface area contributed by atoms with Crippen molar-refractivity contribution in [2.75, 3.05) is 6.54 Å². The van der Waals surface area contributed by atoms with E-state index in [2.05, 4.69) is 0 Å². The Labute approximate surface area is 86.1 Å². The molecule has 2 rings (SSSR count). The smallest absolute Gasteiger partial charge is 0.124 e. The minimum absolute atomic E-state index is 0.273. The van der Waals surface area contributed by atoms with E-state index in [0.717, 1.165) is 10.9 Å². The van der Waals surface area contributed by atoms with Crippen LogP contribution in [0.25, 0.3) is 10.9 Å². The summed E-state index contributed by atoms with van der Waals surface area (Å²) in [5, 5.41) is 1.30. The van der Waals surface area contributed by atoms with Crippen molar-refractivity contribution in [3.05, 3.63) is 35.2 Å². The van der Waals surface area contributed by atoms with Gasteiger partial charge >= 0.3 is 0 Å². The van der Waals surface area contributed by atoms with E-state index in [1.54, 1.807) is 12.3 Å². The number of hydrogen-bond acceptors (Lipinski definition) is 1. The van der Waals surface area contributed by atoms with Gasteiger partial charge in [-0.3, -0.25) is 0 Å². The van der Waals surface area contributed by atoms with Crippen LogP contribution in [0.15, 0.2) is 24.4 Å². The average Bonchev–Trinajstić information content (AvgIpc) is 2.44. The number of hydrogen-bond donors (Lipinski definition) is 1. The van der Waals surface area contributed by atoms with Crippen molar-refractivity contribution in [3.63, 3.8) is 0 Å². The van der Waals surface area contributed by atoms with Crippen molar-refractivity contribution in [1.82, 2.24) is 4.57 Å². The third-order valence-electron chi connectivity index (χ3n) is 2.16. The van der Waals surface area contributed by atoms with E-state index in [9.17, 15) is 4.39 Å². The molecular weight excluding hydrogens is 203 g/mol. The van der Waals surface area contributed by atoms with Gasteiger partial charge in [0, 0.05) is 30.2 Å². The molecule has 0 bridgehead atoms. The fraction of sp³-hybridized carbons (Fsp3) is 0.200. The second kappa shape index (κ2) is 3.59. The Bertz CT molecular complexity index is 464. The molecule has 0 aliphatic rings. The molecule has 4 heteroatoms. The first kappa shape index (κ1) is 9.49. The third kappa shape index (κ3) is 1.49. The Morgan fingerprint density at radius 2 is 2.21 bits per heavy atom. The Morgan fingerprint density at radius 1 is 1.43 bits per heavy atom. The number of nitrogens with two attached hydrogens (primary N) is 1. The summed E-state index contributed by atoms with van der Waals surface area (Å²) >= 11 is 5.96. The molecule has 0 atom stereocenters. The van der Waals surface area contributed by atoms with Gasteiger partial charge in [-0.2, -0.15) is 0 Å². The Kier molecular flexibility index (Phi) is 2.44. The molecular formula is C10H10ClFN2. The van der Waals surface area contributed by atoms with Crippen LogP contribution in [0.2, 0.25) is 5.02 Å². The lowest BCUT2D eigenvalue weighted by Crippen LogP contribution is -2.08. The molecule has 0 radical (unpaired) electrons. The van der Waals surface area contributed by atoms with Crippen molar-refractivity contribution < 1.29 is 4.39 Å². The highest BCUT2D eigenvalue weighted by atomic mass is 35.5. The highest BCUT2D eigenvalue weighted by Gasteiger charge is 2.06. The van der Waals surface area contributed by atoms with E-state index in [4.69, 9.17) is 17.3 Å². The second-order valence-electron chi connectivity index (χ2n) is 3.12. The first-order chi connectivity index (χ1) is 6.72. The highest BCUT2D eigenvalue weighted by Crippen LogP contribution is 2.26. The van der Waals surface area contributed by atoms with Gasteiger partial charge in [-0.1, -0.05) is 11.6 Å². The van der Waals surface area contributed by atoms with Crippen LogP contribution in [0.4, 0.5) is 4.39 Å². The Balaban J connectivity index is 2.65. The molecule has 1 heterocycles. The molecule has 2 aromatic rings. The average molecular weight is 213 g/mol. The van der Waals surface area contributed by atoms with Gasteiger partial charge in [0.05, 0.1) is 5.02 Å². The van der Waals surface area contributed by atoms with E-state index in [1.165, 1.54) is 12.1 Å². The summed E-state index contributed by atoms with van der Waals surface area (Å²) in [5.74, 6) is -0.273. The van der Waals surface area contributed by atoms with Crippen molar-refractivity contribution in [2.24, 2.45) is 5.73 Å². The van der Waals surface area contributed by atoms with Gasteiger partial charge in [-0.05, 0) is 18.2 Å². The molecule has 0 unspecified atom stereocenters. The van der Waals surface area contributed by atoms with Crippen molar-refractivity contribution in [2.45, 2.75) is 6.54 Å². The summed E-state index contributed by atoms with van der Waals surface area (Å²) in [6.07, 6.45) is 1.78. The largest absolute Gasteiger partial charge is 0.345 e. The maximum absolute atomic E-state index is 12.9. The van der Waals surface area contributed by atoms with Gasteiger partial charge in [0.25, 0.3) is 0 Å². The summed E-state index contributed by atoms with van der Waals surface area (Å²) in [6, 6.07) is 4.57. The van der Waals surface area contributed by atoms with Crippen LogP contribution in [0.3, 0.4) is 0 Å². The molecule has 0 saturated heterocycles. The third-order valence-corrected chi connectivity index (χ3v) is 2.47. The van der Waals surface area contributed by atoms with E-state index >= 15 is 0 Å². The van der Waals surface area contributed by atoms with E-state index in [0.29, 0.717) is 18.1 Å². The lowest BCUT2D eigenvalue weighted by atomic mass is 10.2. The summed E-state index contributed by atoms with van der Waals surface area (Å²) in [5.41, 5.74) is 6.37. The van der Waals surface area contributed by atoms with Gasteiger partial charge in [0.15, 0.2) is 0 Å². The topological polar surface area (TPSA) is 30.9 Å². The monoisotopic (exact) mass is 212 g/mol. The van der Waals surface area contributed by atoms with E-state index < -0.39 is 0 Å². The van der Waals surface area contributed by atoms with Crippen molar-refractivity contribution >= 4 is 22.5 Å². The Morgan fingerprint density at radius 3 is 2.93 bits per heavy atom. The van der Waals surface area contributed by atoms with Crippen LogP contribution in [0, 0.1) is 5.82 Å². The molecule has 14 heavy (non-hydrogen) atoms.